The van der Waals surface area contributed by atoms with Crippen LogP contribution in [0.25, 0.3) is 0 Å². The first kappa shape index (κ1) is 18.3. The molecule has 0 saturated carbocycles. The molecule has 5 heteroatoms. The zero-order valence-corrected chi connectivity index (χ0v) is 15.0. The molecule has 1 aliphatic rings. The van der Waals surface area contributed by atoms with Crippen LogP contribution in [0.1, 0.15) is 12.0 Å². The van der Waals surface area contributed by atoms with Crippen molar-refractivity contribution < 1.29 is 14.3 Å². The van der Waals surface area contributed by atoms with Crippen LogP contribution in [-0.2, 0) is 16.0 Å². The zero-order chi connectivity index (χ0) is 18.0. The molecule has 3 rings (SSSR count). The lowest BCUT2D eigenvalue weighted by Gasteiger charge is -2.27. The van der Waals surface area contributed by atoms with Gasteiger partial charge in [-0.2, -0.15) is 0 Å². The summed E-state index contributed by atoms with van der Waals surface area (Å²) in [5.41, 5.74) is 2.25. The van der Waals surface area contributed by atoms with Gasteiger partial charge in [-0.25, -0.2) is 0 Å². The van der Waals surface area contributed by atoms with Crippen LogP contribution in [0.4, 0.5) is 5.69 Å². The number of morpholine rings is 1. The molecule has 26 heavy (non-hydrogen) atoms. The SMILES string of the molecule is O=C(CNc1ccc(OCCCc2ccccc2)cc1)N1CCOCC1. The highest BCUT2D eigenvalue weighted by atomic mass is 16.5. The van der Waals surface area contributed by atoms with Crippen LogP contribution in [0, 0.1) is 0 Å². The molecule has 0 aliphatic carbocycles. The van der Waals surface area contributed by atoms with Gasteiger partial charge in [0.05, 0.1) is 26.4 Å². The third-order valence-electron chi connectivity index (χ3n) is 4.38. The number of hydrogen-bond donors (Lipinski definition) is 1. The van der Waals surface area contributed by atoms with E-state index in [0.717, 1.165) is 24.3 Å². The summed E-state index contributed by atoms with van der Waals surface area (Å²) >= 11 is 0. The summed E-state index contributed by atoms with van der Waals surface area (Å²) < 4.78 is 11.0. The molecule has 1 amide bonds. The average Bonchev–Trinajstić information content (AvgIpc) is 2.72. The van der Waals surface area contributed by atoms with E-state index in [-0.39, 0.29) is 5.91 Å². The van der Waals surface area contributed by atoms with Crippen LogP contribution in [0.2, 0.25) is 0 Å². The van der Waals surface area contributed by atoms with Gasteiger partial charge in [-0.1, -0.05) is 30.3 Å². The van der Waals surface area contributed by atoms with Gasteiger partial charge in [0.1, 0.15) is 5.75 Å². The standard InChI is InChI=1S/C21H26N2O3/c24-21(23-12-15-25-16-13-23)17-22-19-8-10-20(11-9-19)26-14-4-7-18-5-2-1-3-6-18/h1-3,5-6,8-11,22H,4,7,12-17H2. The molecule has 5 nitrogen and oxygen atoms in total. The molecule has 0 atom stereocenters. The lowest BCUT2D eigenvalue weighted by Crippen LogP contribution is -2.43. The van der Waals surface area contributed by atoms with E-state index in [1.54, 1.807) is 0 Å². The number of anilines is 1. The molecular formula is C21H26N2O3. The molecule has 2 aromatic carbocycles. The van der Waals surface area contributed by atoms with E-state index < -0.39 is 0 Å². The number of benzene rings is 2. The van der Waals surface area contributed by atoms with Crippen molar-refractivity contribution in [2.75, 3.05) is 44.8 Å². The van der Waals surface area contributed by atoms with Crippen molar-refractivity contribution in [1.82, 2.24) is 4.90 Å². The largest absolute Gasteiger partial charge is 0.494 e. The molecule has 0 radical (unpaired) electrons. The molecule has 1 saturated heterocycles. The fourth-order valence-electron chi connectivity index (χ4n) is 2.88. The maximum Gasteiger partial charge on any atom is 0.242 e. The van der Waals surface area contributed by atoms with E-state index in [1.807, 2.05) is 35.2 Å². The first-order chi connectivity index (χ1) is 12.8. The van der Waals surface area contributed by atoms with Gasteiger partial charge in [-0.3, -0.25) is 4.79 Å². The predicted molar refractivity (Wildman–Crippen MR) is 103 cm³/mol. The van der Waals surface area contributed by atoms with E-state index in [2.05, 4.69) is 29.6 Å². The number of nitrogens with one attached hydrogen (secondary N) is 1. The molecule has 0 spiro atoms. The fourth-order valence-corrected chi connectivity index (χ4v) is 2.88. The topological polar surface area (TPSA) is 50.8 Å². The van der Waals surface area contributed by atoms with E-state index in [0.29, 0.717) is 39.5 Å². The third-order valence-corrected chi connectivity index (χ3v) is 4.38. The van der Waals surface area contributed by atoms with Gasteiger partial charge in [-0.05, 0) is 42.7 Å². The van der Waals surface area contributed by atoms with Crippen LogP contribution in [-0.4, -0.2) is 50.3 Å². The minimum Gasteiger partial charge on any atom is -0.494 e. The molecule has 1 aliphatic heterocycles. The smallest absolute Gasteiger partial charge is 0.242 e. The Bertz CT molecular complexity index is 667. The van der Waals surface area contributed by atoms with Crippen molar-refractivity contribution in [1.29, 1.82) is 0 Å². The highest BCUT2D eigenvalue weighted by molar-refractivity contribution is 5.81. The second kappa shape index (κ2) is 9.82. The number of amides is 1. The van der Waals surface area contributed by atoms with Gasteiger partial charge >= 0.3 is 0 Å². The summed E-state index contributed by atoms with van der Waals surface area (Å²) in [5, 5.41) is 3.17. The molecule has 1 heterocycles. The van der Waals surface area contributed by atoms with Crippen molar-refractivity contribution in [2.24, 2.45) is 0 Å². The van der Waals surface area contributed by atoms with Crippen LogP contribution in [0.3, 0.4) is 0 Å². The van der Waals surface area contributed by atoms with Crippen molar-refractivity contribution in [3.63, 3.8) is 0 Å². The number of rotatable bonds is 8. The Morgan fingerprint density at radius 2 is 1.77 bits per heavy atom. The number of carbonyl (C=O) groups is 1. The molecule has 1 N–H and O–H groups in total. The Labute approximate surface area is 154 Å². The van der Waals surface area contributed by atoms with Gasteiger partial charge in [0.2, 0.25) is 5.91 Å². The quantitative estimate of drug-likeness (QED) is 0.741. The number of ether oxygens (including phenoxy) is 2. The highest BCUT2D eigenvalue weighted by Crippen LogP contribution is 2.16. The normalized spacial score (nSPS) is 14.1. The fraction of sp³-hybridized carbons (Fsp3) is 0.381. The Morgan fingerprint density at radius 1 is 1.04 bits per heavy atom. The van der Waals surface area contributed by atoms with E-state index in [4.69, 9.17) is 9.47 Å². The summed E-state index contributed by atoms with van der Waals surface area (Å²) in [5.74, 6) is 0.956. The van der Waals surface area contributed by atoms with Crippen molar-refractivity contribution >= 4 is 11.6 Å². The summed E-state index contributed by atoms with van der Waals surface area (Å²) in [7, 11) is 0. The number of hydrogen-bond acceptors (Lipinski definition) is 4. The monoisotopic (exact) mass is 354 g/mol. The Kier molecular flexibility index (Phi) is 6.90. The number of carbonyl (C=O) groups excluding carboxylic acids is 1. The lowest BCUT2D eigenvalue weighted by molar-refractivity contribution is -0.133. The lowest BCUT2D eigenvalue weighted by atomic mass is 10.1. The summed E-state index contributed by atoms with van der Waals surface area (Å²) in [4.78, 5) is 13.9. The summed E-state index contributed by atoms with van der Waals surface area (Å²) in [6, 6.07) is 18.2. The second-order valence-corrected chi connectivity index (χ2v) is 6.31. The molecular weight excluding hydrogens is 328 g/mol. The molecule has 0 unspecified atom stereocenters. The van der Waals surface area contributed by atoms with Crippen LogP contribution in [0.5, 0.6) is 5.75 Å². The van der Waals surface area contributed by atoms with Crippen molar-refractivity contribution in [3.05, 3.63) is 60.2 Å². The van der Waals surface area contributed by atoms with Crippen LogP contribution in [0.15, 0.2) is 54.6 Å². The zero-order valence-electron chi connectivity index (χ0n) is 15.0. The van der Waals surface area contributed by atoms with Gasteiger partial charge in [0.25, 0.3) is 0 Å². The minimum atomic E-state index is 0.106. The first-order valence-corrected chi connectivity index (χ1v) is 9.17. The number of nitrogens with zero attached hydrogens (tertiary/aromatic N) is 1. The van der Waals surface area contributed by atoms with Crippen LogP contribution >= 0.6 is 0 Å². The first-order valence-electron chi connectivity index (χ1n) is 9.17. The Morgan fingerprint density at radius 3 is 2.50 bits per heavy atom. The van der Waals surface area contributed by atoms with E-state index in [1.165, 1.54) is 5.56 Å². The predicted octanol–water partition coefficient (Wildman–Crippen LogP) is 2.97. The van der Waals surface area contributed by atoms with Gasteiger partial charge in [0.15, 0.2) is 0 Å². The summed E-state index contributed by atoms with van der Waals surface area (Å²) in [6.07, 6.45) is 2.00. The third kappa shape index (κ3) is 5.77. The maximum absolute atomic E-state index is 12.1. The van der Waals surface area contributed by atoms with Crippen molar-refractivity contribution in [3.8, 4) is 5.75 Å². The molecule has 0 aromatic heterocycles. The van der Waals surface area contributed by atoms with Crippen LogP contribution < -0.4 is 10.1 Å². The second-order valence-electron chi connectivity index (χ2n) is 6.31. The Hall–Kier alpha value is -2.53. The van der Waals surface area contributed by atoms with Gasteiger partial charge in [0, 0.05) is 18.8 Å². The number of aryl methyl sites for hydroxylation is 1. The van der Waals surface area contributed by atoms with E-state index >= 15 is 0 Å². The average molecular weight is 354 g/mol. The molecule has 1 fully saturated rings. The molecule has 2 aromatic rings. The summed E-state index contributed by atoms with van der Waals surface area (Å²) in [6.45, 7) is 3.60. The van der Waals surface area contributed by atoms with Gasteiger partial charge in [-0.15, -0.1) is 0 Å². The molecule has 138 valence electrons. The van der Waals surface area contributed by atoms with E-state index in [9.17, 15) is 4.79 Å². The van der Waals surface area contributed by atoms with Crippen molar-refractivity contribution in [2.45, 2.75) is 12.8 Å². The Balaban J connectivity index is 1.35. The van der Waals surface area contributed by atoms with Gasteiger partial charge < -0.3 is 19.7 Å². The highest BCUT2D eigenvalue weighted by Gasteiger charge is 2.16. The molecule has 0 bridgehead atoms. The minimum absolute atomic E-state index is 0.106. The maximum atomic E-state index is 12.1.